The fraction of sp³-hybridized carbons (Fsp3) is 0.273. The van der Waals surface area contributed by atoms with Gasteiger partial charge in [-0.05, 0) is 31.0 Å². The zero-order chi connectivity index (χ0) is 12.0. The molecule has 1 rings (SSSR count). The van der Waals surface area contributed by atoms with E-state index in [9.17, 15) is 4.79 Å². The van der Waals surface area contributed by atoms with Crippen molar-refractivity contribution in [3.63, 3.8) is 0 Å². The lowest BCUT2D eigenvalue weighted by molar-refractivity contribution is -0.129. The van der Waals surface area contributed by atoms with Crippen LogP contribution < -0.4 is 5.43 Å². The Bertz CT molecular complexity index is 405. The molecule has 0 saturated heterocycles. The average Bonchev–Trinajstić information content (AvgIpc) is 2.24. The average molecular weight is 285 g/mol. The van der Waals surface area contributed by atoms with Crippen LogP contribution in [0.1, 0.15) is 12.5 Å². The van der Waals surface area contributed by atoms with E-state index in [1.165, 1.54) is 12.5 Å². The monoisotopic (exact) mass is 284 g/mol. The molecule has 0 aliphatic heterocycles. The highest BCUT2D eigenvalue weighted by atomic mass is 79.9. The van der Waals surface area contributed by atoms with Gasteiger partial charge in [0.25, 0.3) is 0 Å². The van der Waals surface area contributed by atoms with Crippen molar-refractivity contribution in [2.24, 2.45) is 5.10 Å². The van der Waals surface area contributed by atoms with E-state index in [2.05, 4.69) is 26.5 Å². The Morgan fingerprint density at radius 3 is 2.94 bits per heavy atom. The summed E-state index contributed by atoms with van der Waals surface area (Å²) in [6.07, 6.45) is 0.801. The molecule has 0 bridgehead atoms. The van der Waals surface area contributed by atoms with Crippen LogP contribution in [0.5, 0.6) is 0 Å². The van der Waals surface area contributed by atoms with E-state index in [1.807, 2.05) is 24.3 Å². The minimum atomic E-state index is -1.00. The van der Waals surface area contributed by atoms with Crippen molar-refractivity contribution in [1.82, 2.24) is 5.43 Å². The van der Waals surface area contributed by atoms with E-state index in [0.29, 0.717) is 6.54 Å². The van der Waals surface area contributed by atoms with E-state index >= 15 is 0 Å². The highest BCUT2D eigenvalue weighted by Gasteiger charge is 2.00. The third-order valence-corrected chi connectivity index (χ3v) is 2.46. The molecule has 0 fully saturated rings. The fourth-order valence-electron chi connectivity index (χ4n) is 1.12. The van der Waals surface area contributed by atoms with Crippen LogP contribution in [0.3, 0.4) is 0 Å². The summed E-state index contributed by atoms with van der Waals surface area (Å²) in [7, 11) is 0. The summed E-state index contributed by atoms with van der Waals surface area (Å²) in [6, 6.07) is 7.96. The van der Waals surface area contributed by atoms with Gasteiger partial charge in [0.15, 0.2) is 0 Å². The van der Waals surface area contributed by atoms with Gasteiger partial charge in [-0.1, -0.05) is 28.1 Å². The van der Waals surface area contributed by atoms with E-state index < -0.39 is 5.97 Å². The summed E-state index contributed by atoms with van der Waals surface area (Å²) in [4.78, 5) is 10.4. The largest absolute Gasteiger partial charge is 0.477 e. The van der Waals surface area contributed by atoms with Crippen molar-refractivity contribution in [2.45, 2.75) is 13.3 Å². The molecule has 2 N–H and O–H groups in total. The Labute approximate surface area is 102 Å². The van der Waals surface area contributed by atoms with Gasteiger partial charge in [-0.25, -0.2) is 4.79 Å². The first-order chi connectivity index (χ1) is 7.59. The number of hydrogen-bond acceptors (Lipinski definition) is 3. The van der Waals surface area contributed by atoms with Crippen LogP contribution in [0, 0.1) is 0 Å². The smallest absolute Gasteiger partial charge is 0.351 e. The number of carboxylic acid groups (broad SMARTS) is 1. The number of rotatable bonds is 5. The van der Waals surface area contributed by atoms with Gasteiger partial charge in [0.1, 0.15) is 5.71 Å². The molecule has 0 saturated carbocycles. The lowest BCUT2D eigenvalue weighted by Gasteiger charge is -2.02. The number of carbonyl (C=O) groups is 1. The maximum Gasteiger partial charge on any atom is 0.351 e. The van der Waals surface area contributed by atoms with E-state index in [1.54, 1.807) is 0 Å². The summed E-state index contributed by atoms with van der Waals surface area (Å²) in [5.74, 6) is -1.00. The molecule has 0 aromatic heterocycles. The number of nitrogens with one attached hydrogen (secondary N) is 1. The van der Waals surface area contributed by atoms with Crippen LogP contribution in [-0.4, -0.2) is 23.3 Å². The number of benzene rings is 1. The van der Waals surface area contributed by atoms with Gasteiger partial charge in [0.2, 0.25) is 0 Å². The van der Waals surface area contributed by atoms with Crippen molar-refractivity contribution in [2.75, 3.05) is 6.54 Å². The Morgan fingerprint density at radius 2 is 2.31 bits per heavy atom. The molecule has 0 unspecified atom stereocenters. The van der Waals surface area contributed by atoms with Crippen LogP contribution in [0.2, 0.25) is 0 Å². The fourth-order valence-corrected chi connectivity index (χ4v) is 1.56. The van der Waals surface area contributed by atoms with Crippen LogP contribution in [-0.2, 0) is 11.2 Å². The van der Waals surface area contributed by atoms with Crippen molar-refractivity contribution in [3.8, 4) is 0 Å². The molecule has 16 heavy (non-hydrogen) atoms. The van der Waals surface area contributed by atoms with Crippen molar-refractivity contribution in [1.29, 1.82) is 0 Å². The lowest BCUT2D eigenvalue weighted by Crippen LogP contribution is -2.17. The molecule has 0 atom stereocenters. The zero-order valence-electron chi connectivity index (χ0n) is 8.90. The van der Waals surface area contributed by atoms with Gasteiger partial charge >= 0.3 is 5.97 Å². The Kier molecular flexibility index (Phi) is 4.98. The second-order valence-corrected chi connectivity index (χ2v) is 4.21. The van der Waals surface area contributed by atoms with Gasteiger partial charge in [0.05, 0.1) is 0 Å². The van der Waals surface area contributed by atoms with Crippen LogP contribution in [0.25, 0.3) is 0 Å². The van der Waals surface area contributed by atoms with Gasteiger partial charge in [-0.15, -0.1) is 0 Å². The highest BCUT2D eigenvalue weighted by molar-refractivity contribution is 9.10. The Balaban J connectivity index is 2.36. The molecule has 0 heterocycles. The zero-order valence-corrected chi connectivity index (χ0v) is 10.5. The first-order valence-corrected chi connectivity index (χ1v) is 5.64. The summed E-state index contributed by atoms with van der Waals surface area (Å²) in [6.45, 7) is 2.06. The molecule has 0 aliphatic rings. The molecular formula is C11H13BrN2O2. The maximum atomic E-state index is 10.4. The number of carboxylic acids is 1. The van der Waals surface area contributed by atoms with Crippen molar-refractivity contribution >= 4 is 27.6 Å². The van der Waals surface area contributed by atoms with Gasteiger partial charge in [-0.3, -0.25) is 0 Å². The summed E-state index contributed by atoms with van der Waals surface area (Å²) < 4.78 is 1.04. The summed E-state index contributed by atoms with van der Waals surface area (Å²) >= 11 is 3.39. The molecule has 86 valence electrons. The third-order valence-electron chi connectivity index (χ3n) is 1.97. The van der Waals surface area contributed by atoms with Crippen LogP contribution >= 0.6 is 15.9 Å². The maximum absolute atomic E-state index is 10.4. The van der Waals surface area contributed by atoms with Gasteiger partial charge in [0, 0.05) is 11.0 Å². The molecule has 1 aromatic carbocycles. The molecule has 0 radical (unpaired) electrons. The van der Waals surface area contributed by atoms with Crippen molar-refractivity contribution in [3.05, 3.63) is 34.3 Å². The molecule has 5 heteroatoms. The molecule has 4 nitrogen and oxygen atoms in total. The SMILES string of the molecule is CC(=NNCCc1cccc(Br)c1)C(=O)O. The Hall–Kier alpha value is -1.36. The number of aliphatic carboxylic acids is 1. The predicted molar refractivity (Wildman–Crippen MR) is 66.6 cm³/mol. The number of nitrogens with zero attached hydrogens (tertiary/aromatic N) is 1. The summed E-state index contributed by atoms with van der Waals surface area (Å²) in [5, 5.41) is 12.3. The standard InChI is InChI=1S/C11H13BrN2O2/c1-8(11(15)16)14-13-6-5-9-3-2-4-10(12)7-9/h2-4,7,13H,5-6H2,1H3,(H,15,16). The van der Waals surface area contributed by atoms with Gasteiger partial charge < -0.3 is 10.5 Å². The molecule has 0 spiro atoms. The first-order valence-electron chi connectivity index (χ1n) is 4.84. The Morgan fingerprint density at radius 1 is 1.56 bits per heavy atom. The molecule has 0 aliphatic carbocycles. The first kappa shape index (κ1) is 12.7. The van der Waals surface area contributed by atoms with Crippen LogP contribution in [0.4, 0.5) is 0 Å². The molecular weight excluding hydrogens is 272 g/mol. The van der Waals surface area contributed by atoms with E-state index in [0.717, 1.165) is 10.9 Å². The molecule has 1 aromatic rings. The second kappa shape index (κ2) is 6.27. The summed E-state index contributed by atoms with van der Waals surface area (Å²) in [5.41, 5.74) is 3.96. The minimum Gasteiger partial charge on any atom is -0.477 e. The normalized spacial score (nSPS) is 11.2. The number of hydrazone groups is 1. The quantitative estimate of drug-likeness (QED) is 0.494. The third kappa shape index (κ3) is 4.44. The van der Waals surface area contributed by atoms with Crippen LogP contribution in [0.15, 0.2) is 33.8 Å². The highest BCUT2D eigenvalue weighted by Crippen LogP contribution is 2.11. The molecule has 0 amide bonds. The van der Waals surface area contributed by atoms with E-state index in [-0.39, 0.29) is 5.71 Å². The minimum absolute atomic E-state index is 0.0641. The lowest BCUT2D eigenvalue weighted by atomic mass is 10.2. The second-order valence-electron chi connectivity index (χ2n) is 3.29. The van der Waals surface area contributed by atoms with Crippen molar-refractivity contribution < 1.29 is 9.90 Å². The van der Waals surface area contributed by atoms with Gasteiger partial charge in [-0.2, -0.15) is 5.10 Å². The number of halogens is 1. The van der Waals surface area contributed by atoms with E-state index in [4.69, 9.17) is 5.11 Å². The number of hydrogen-bond donors (Lipinski definition) is 2. The topological polar surface area (TPSA) is 61.7 Å². The predicted octanol–water partition coefficient (Wildman–Crippen LogP) is 2.04.